The van der Waals surface area contributed by atoms with Crippen LogP contribution in [-0.4, -0.2) is 7.05 Å². The maximum absolute atomic E-state index is 3.71. The second-order valence-corrected chi connectivity index (χ2v) is 7.65. The Balaban J connectivity index is 2.17. The van der Waals surface area contributed by atoms with Gasteiger partial charge in [-0.3, -0.25) is 0 Å². The van der Waals surface area contributed by atoms with E-state index in [1.165, 1.54) is 26.8 Å². The standard InChI is InChI=1S/C17H15Br2NS/c1-10-7-15(19)12(8-14(10)18)17(20-2)13-9-21-16-6-4-3-5-11(13)16/h3-9,17,20H,1-2H3. The fraction of sp³-hybridized carbons (Fsp3) is 0.176. The van der Waals surface area contributed by atoms with Gasteiger partial charge in [0, 0.05) is 13.6 Å². The van der Waals surface area contributed by atoms with Gasteiger partial charge >= 0.3 is 0 Å². The fourth-order valence-electron chi connectivity index (χ4n) is 2.58. The van der Waals surface area contributed by atoms with Crippen molar-refractivity contribution in [2.75, 3.05) is 7.05 Å². The molecule has 0 aliphatic heterocycles. The van der Waals surface area contributed by atoms with E-state index in [2.05, 4.69) is 85.9 Å². The van der Waals surface area contributed by atoms with Crippen LogP contribution in [0, 0.1) is 6.92 Å². The third-order valence-corrected chi connectivity index (χ3v) is 6.22. The van der Waals surface area contributed by atoms with Gasteiger partial charge in [0.05, 0.1) is 6.04 Å². The quantitative estimate of drug-likeness (QED) is 0.540. The number of aryl methyl sites for hydroxylation is 1. The zero-order chi connectivity index (χ0) is 15.0. The van der Waals surface area contributed by atoms with Crippen LogP contribution in [0.5, 0.6) is 0 Å². The van der Waals surface area contributed by atoms with Crippen molar-refractivity contribution >= 4 is 53.3 Å². The van der Waals surface area contributed by atoms with Crippen molar-refractivity contribution in [1.29, 1.82) is 0 Å². The Morgan fingerprint density at radius 2 is 1.81 bits per heavy atom. The van der Waals surface area contributed by atoms with Crippen LogP contribution in [0.15, 0.2) is 50.7 Å². The summed E-state index contributed by atoms with van der Waals surface area (Å²) in [5, 5.41) is 7.04. The third kappa shape index (κ3) is 2.82. The molecule has 1 heterocycles. The van der Waals surface area contributed by atoms with E-state index in [1.54, 1.807) is 11.3 Å². The van der Waals surface area contributed by atoms with Crippen molar-refractivity contribution < 1.29 is 0 Å². The summed E-state index contributed by atoms with van der Waals surface area (Å²) in [6.07, 6.45) is 0. The van der Waals surface area contributed by atoms with E-state index in [9.17, 15) is 0 Å². The van der Waals surface area contributed by atoms with Crippen LogP contribution in [0.1, 0.15) is 22.7 Å². The molecule has 1 unspecified atom stereocenters. The molecule has 0 saturated carbocycles. The SMILES string of the molecule is CNC(c1cc(Br)c(C)cc1Br)c1csc2ccccc12. The lowest BCUT2D eigenvalue weighted by molar-refractivity contribution is 0.695. The zero-order valence-corrected chi connectivity index (χ0v) is 15.8. The second-order valence-electron chi connectivity index (χ2n) is 5.03. The Kier molecular flexibility index (Phi) is 4.50. The average molecular weight is 425 g/mol. The number of hydrogen-bond donors (Lipinski definition) is 1. The Morgan fingerprint density at radius 1 is 1.05 bits per heavy atom. The zero-order valence-electron chi connectivity index (χ0n) is 11.8. The first-order valence-corrected chi connectivity index (χ1v) is 9.17. The Labute approximate surface area is 145 Å². The number of rotatable bonds is 3. The molecule has 1 atom stereocenters. The van der Waals surface area contributed by atoms with E-state index >= 15 is 0 Å². The summed E-state index contributed by atoms with van der Waals surface area (Å²) >= 11 is 9.16. The summed E-state index contributed by atoms with van der Waals surface area (Å²) in [6.45, 7) is 2.10. The number of nitrogens with one attached hydrogen (secondary N) is 1. The van der Waals surface area contributed by atoms with Crippen molar-refractivity contribution in [3.8, 4) is 0 Å². The van der Waals surface area contributed by atoms with Crippen molar-refractivity contribution in [1.82, 2.24) is 5.32 Å². The predicted molar refractivity (Wildman–Crippen MR) is 99.3 cm³/mol. The summed E-state index contributed by atoms with van der Waals surface area (Å²) in [5.41, 5.74) is 3.81. The van der Waals surface area contributed by atoms with Crippen LogP contribution < -0.4 is 5.32 Å². The van der Waals surface area contributed by atoms with Gasteiger partial charge in [-0.15, -0.1) is 11.3 Å². The van der Waals surface area contributed by atoms with Crippen molar-refractivity contribution in [2.24, 2.45) is 0 Å². The van der Waals surface area contributed by atoms with Crippen LogP contribution in [0.25, 0.3) is 10.1 Å². The summed E-state index contributed by atoms with van der Waals surface area (Å²) in [7, 11) is 2.01. The van der Waals surface area contributed by atoms with E-state index in [1.807, 2.05) is 7.05 Å². The molecule has 3 rings (SSSR count). The van der Waals surface area contributed by atoms with Crippen LogP contribution in [0.3, 0.4) is 0 Å². The minimum Gasteiger partial charge on any atom is -0.309 e. The van der Waals surface area contributed by atoms with Crippen LogP contribution in [0.4, 0.5) is 0 Å². The van der Waals surface area contributed by atoms with Crippen molar-refractivity contribution in [2.45, 2.75) is 13.0 Å². The molecule has 1 aromatic heterocycles. The van der Waals surface area contributed by atoms with Gasteiger partial charge in [-0.05, 0) is 59.6 Å². The monoisotopic (exact) mass is 423 g/mol. The molecule has 21 heavy (non-hydrogen) atoms. The average Bonchev–Trinajstić information content (AvgIpc) is 2.89. The number of halogens is 2. The highest BCUT2D eigenvalue weighted by molar-refractivity contribution is 9.11. The van der Waals surface area contributed by atoms with Crippen molar-refractivity contribution in [3.63, 3.8) is 0 Å². The van der Waals surface area contributed by atoms with Crippen LogP contribution in [-0.2, 0) is 0 Å². The van der Waals surface area contributed by atoms with E-state index in [4.69, 9.17) is 0 Å². The maximum Gasteiger partial charge on any atom is 0.0600 e. The van der Waals surface area contributed by atoms with Gasteiger partial charge in [0.15, 0.2) is 0 Å². The van der Waals surface area contributed by atoms with Crippen molar-refractivity contribution in [3.05, 3.63) is 67.4 Å². The van der Waals surface area contributed by atoms with Gasteiger partial charge in [-0.2, -0.15) is 0 Å². The van der Waals surface area contributed by atoms with E-state index < -0.39 is 0 Å². The predicted octanol–water partition coefficient (Wildman–Crippen LogP) is 6.04. The Hall–Kier alpha value is -0.680. The minimum absolute atomic E-state index is 0.174. The lowest BCUT2D eigenvalue weighted by atomic mass is 9.97. The van der Waals surface area contributed by atoms with Gasteiger partial charge in [-0.25, -0.2) is 0 Å². The highest BCUT2D eigenvalue weighted by Crippen LogP contribution is 2.37. The topological polar surface area (TPSA) is 12.0 Å². The molecule has 0 spiro atoms. The van der Waals surface area contributed by atoms with Crippen LogP contribution >= 0.6 is 43.2 Å². The first-order valence-electron chi connectivity index (χ1n) is 6.70. The largest absolute Gasteiger partial charge is 0.309 e. The molecule has 3 aromatic rings. The summed E-state index contributed by atoms with van der Waals surface area (Å²) < 4.78 is 3.60. The molecular weight excluding hydrogens is 410 g/mol. The molecule has 0 saturated heterocycles. The fourth-order valence-corrected chi connectivity index (χ4v) is 4.62. The molecular formula is C17H15Br2NS. The number of fused-ring (bicyclic) bond motifs is 1. The number of thiophene rings is 1. The molecule has 0 fully saturated rings. The molecule has 0 bridgehead atoms. The molecule has 1 nitrogen and oxygen atoms in total. The lowest BCUT2D eigenvalue weighted by Crippen LogP contribution is -2.18. The maximum atomic E-state index is 3.71. The summed E-state index contributed by atoms with van der Waals surface area (Å²) in [4.78, 5) is 0. The summed E-state index contributed by atoms with van der Waals surface area (Å²) in [5.74, 6) is 0. The van der Waals surface area contributed by atoms with E-state index in [0.29, 0.717) is 0 Å². The lowest BCUT2D eigenvalue weighted by Gasteiger charge is -2.19. The van der Waals surface area contributed by atoms with Gasteiger partial charge in [0.2, 0.25) is 0 Å². The molecule has 1 N–H and O–H groups in total. The molecule has 0 aliphatic carbocycles. The third-order valence-electron chi connectivity index (χ3n) is 3.70. The highest BCUT2D eigenvalue weighted by Gasteiger charge is 2.19. The normalized spacial score (nSPS) is 12.8. The minimum atomic E-state index is 0.174. The molecule has 0 amide bonds. The molecule has 4 heteroatoms. The molecule has 0 aliphatic rings. The van der Waals surface area contributed by atoms with E-state index in [0.717, 1.165) is 8.95 Å². The molecule has 2 aromatic carbocycles. The Bertz CT molecular complexity index is 795. The molecule has 0 radical (unpaired) electrons. The first-order chi connectivity index (χ1) is 10.1. The van der Waals surface area contributed by atoms with Gasteiger partial charge in [0.25, 0.3) is 0 Å². The van der Waals surface area contributed by atoms with Crippen LogP contribution in [0.2, 0.25) is 0 Å². The van der Waals surface area contributed by atoms with Gasteiger partial charge in [-0.1, -0.05) is 50.1 Å². The number of benzene rings is 2. The first kappa shape index (κ1) is 15.2. The Morgan fingerprint density at radius 3 is 2.57 bits per heavy atom. The van der Waals surface area contributed by atoms with E-state index in [-0.39, 0.29) is 6.04 Å². The number of hydrogen-bond acceptors (Lipinski definition) is 2. The van der Waals surface area contributed by atoms with Gasteiger partial charge < -0.3 is 5.32 Å². The second kappa shape index (κ2) is 6.21. The van der Waals surface area contributed by atoms with Gasteiger partial charge in [0.1, 0.15) is 0 Å². The smallest absolute Gasteiger partial charge is 0.0600 e. The summed E-state index contributed by atoms with van der Waals surface area (Å²) in [6, 6.07) is 13.1. The highest BCUT2D eigenvalue weighted by atomic mass is 79.9. The molecule has 108 valence electrons.